The molecule has 17 heavy (non-hydrogen) atoms. The average Bonchev–Trinajstić information content (AvgIpc) is 2.81. The highest BCUT2D eigenvalue weighted by atomic mass is 32.1. The Kier molecular flexibility index (Phi) is 6.78. The van der Waals surface area contributed by atoms with Crippen LogP contribution in [0.4, 0.5) is 0 Å². The maximum Gasteiger partial charge on any atom is 0.0327 e. The minimum Gasteiger partial charge on any atom is -0.316 e. The van der Waals surface area contributed by atoms with Gasteiger partial charge in [-0.25, -0.2) is 0 Å². The van der Waals surface area contributed by atoms with E-state index in [1.807, 2.05) is 11.3 Å². The van der Waals surface area contributed by atoms with Crippen LogP contribution >= 0.6 is 11.3 Å². The smallest absolute Gasteiger partial charge is 0.0327 e. The van der Waals surface area contributed by atoms with E-state index in [9.17, 15) is 0 Å². The summed E-state index contributed by atoms with van der Waals surface area (Å²) in [4.78, 5) is 3.90. The number of hydrogen-bond acceptors (Lipinski definition) is 3. The zero-order chi connectivity index (χ0) is 12.7. The van der Waals surface area contributed by atoms with E-state index in [0.29, 0.717) is 12.0 Å². The van der Waals surface area contributed by atoms with E-state index in [4.69, 9.17) is 0 Å². The first-order valence-corrected chi connectivity index (χ1v) is 7.46. The van der Waals surface area contributed by atoms with Gasteiger partial charge in [-0.2, -0.15) is 0 Å². The second-order valence-electron chi connectivity index (χ2n) is 4.92. The molecule has 3 heteroatoms. The number of nitrogens with one attached hydrogen (secondary N) is 1. The first-order chi connectivity index (χ1) is 8.15. The van der Waals surface area contributed by atoms with Crippen LogP contribution in [0.15, 0.2) is 17.5 Å². The van der Waals surface area contributed by atoms with Crippen molar-refractivity contribution < 1.29 is 0 Å². The van der Waals surface area contributed by atoms with E-state index < -0.39 is 0 Å². The lowest BCUT2D eigenvalue weighted by Gasteiger charge is -2.29. The van der Waals surface area contributed by atoms with Gasteiger partial charge in [0.25, 0.3) is 0 Å². The van der Waals surface area contributed by atoms with Gasteiger partial charge in [-0.3, -0.25) is 4.90 Å². The summed E-state index contributed by atoms with van der Waals surface area (Å²) in [5, 5.41) is 5.66. The maximum atomic E-state index is 3.51. The fourth-order valence-electron chi connectivity index (χ4n) is 1.90. The molecule has 0 saturated heterocycles. The molecule has 1 aromatic rings. The van der Waals surface area contributed by atoms with Crippen molar-refractivity contribution in [1.29, 1.82) is 0 Å². The lowest BCUT2D eigenvalue weighted by atomic mass is 10.0. The van der Waals surface area contributed by atoms with Gasteiger partial charge in [0.2, 0.25) is 0 Å². The van der Waals surface area contributed by atoms with Crippen LogP contribution in [-0.2, 0) is 6.54 Å². The molecule has 1 N–H and O–H groups in total. The summed E-state index contributed by atoms with van der Waals surface area (Å²) in [7, 11) is 2.22. The predicted octanol–water partition coefficient (Wildman–Crippen LogP) is 3.20. The molecule has 0 aromatic carbocycles. The molecule has 2 atom stereocenters. The van der Waals surface area contributed by atoms with Gasteiger partial charge in [0.05, 0.1) is 0 Å². The molecule has 0 aliphatic rings. The van der Waals surface area contributed by atoms with Crippen molar-refractivity contribution in [3.8, 4) is 0 Å². The van der Waals surface area contributed by atoms with Gasteiger partial charge in [0.1, 0.15) is 0 Å². The zero-order valence-electron chi connectivity index (χ0n) is 11.6. The number of nitrogens with zero attached hydrogens (tertiary/aromatic N) is 1. The van der Waals surface area contributed by atoms with E-state index in [1.165, 1.54) is 11.3 Å². The van der Waals surface area contributed by atoms with Gasteiger partial charge in [0, 0.05) is 17.5 Å². The Morgan fingerprint density at radius 1 is 1.41 bits per heavy atom. The van der Waals surface area contributed by atoms with Crippen molar-refractivity contribution in [2.45, 2.75) is 39.8 Å². The molecule has 0 saturated carbocycles. The van der Waals surface area contributed by atoms with Crippen LogP contribution in [0.3, 0.4) is 0 Å². The Bertz CT molecular complexity index is 284. The van der Waals surface area contributed by atoms with Crippen molar-refractivity contribution >= 4 is 11.3 Å². The topological polar surface area (TPSA) is 15.3 Å². The lowest BCUT2D eigenvalue weighted by molar-refractivity contribution is 0.190. The molecule has 98 valence electrons. The Labute approximate surface area is 110 Å². The van der Waals surface area contributed by atoms with Crippen LogP contribution in [0.1, 0.15) is 32.1 Å². The third kappa shape index (κ3) is 5.19. The Hall–Kier alpha value is -0.380. The van der Waals surface area contributed by atoms with Crippen molar-refractivity contribution in [1.82, 2.24) is 10.2 Å². The second-order valence-corrected chi connectivity index (χ2v) is 5.95. The normalized spacial score (nSPS) is 15.1. The van der Waals surface area contributed by atoms with Crippen molar-refractivity contribution in [2.24, 2.45) is 5.92 Å². The van der Waals surface area contributed by atoms with E-state index in [0.717, 1.165) is 19.6 Å². The van der Waals surface area contributed by atoms with Crippen LogP contribution in [0.2, 0.25) is 0 Å². The Morgan fingerprint density at radius 3 is 2.76 bits per heavy atom. The van der Waals surface area contributed by atoms with Crippen LogP contribution in [0.25, 0.3) is 0 Å². The summed E-state index contributed by atoms with van der Waals surface area (Å²) in [5.41, 5.74) is 0. The summed E-state index contributed by atoms with van der Waals surface area (Å²) in [6.07, 6.45) is 1.21. The molecule has 0 aliphatic carbocycles. The first kappa shape index (κ1) is 14.7. The largest absolute Gasteiger partial charge is 0.316 e. The predicted molar refractivity (Wildman–Crippen MR) is 77.6 cm³/mol. The van der Waals surface area contributed by atoms with Crippen LogP contribution in [0.5, 0.6) is 0 Å². The highest BCUT2D eigenvalue weighted by Crippen LogP contribution is 2.15. The van der Waals surface area contributed by atoms with Gasteiger partial charge < -0.3 is 5.32 Å². The van der Waals surface area contributed by atoms with Crippen LogP contribution in [0, 0.1) is 5.92 Å². The number of thiophene rings is 1. The SMILES string of the molecule is CCCNCC(C)C(C)N(C)Cc1cccs1. The van der Waals surface area contributed by atoms with E-state index >= 15 is 0 Å². The van der Waals surface area contributed by atoms with Crippen molar-refractivity contribution in [3.63, 3.8) is 0 Å². The highest BCUT2D eigenvalue weighted by Gasteiger charge is 2.16. The van der Waals surface area contributed by atoms with Gasteiger partial charge in [0.15, 0.2) is 0 Å². The first-order valence-electron chi connectivity index (χ1n) is 6.58. The minimum atomic E-state index is 0.612. The molecule has 0 radical (unpaired) electrons. The Balaban J connectivity index is 2.32. The van der Waals surface area contributed by atoms with Crippen LogP contribution < -0.4 is 5.32 Å². The number of rotatable bonds is 8. The molecule has 0 aliphatic heterocycles. The molecule has 0 spiro atoms. The second kappa shape index (κ2) is 7.85. The Morgan fingerprint density at radius 2 is 2.18 bits per heavy atom. The van der Waals surface area contributed by atoms with Gasteiger partial charge >= 0.3 is 0 Å². The standard InChI is InChI=1S/C14H26N2S/c1-5-8-15-10-12(2)13(3)16(4)11-14-7-6-9-17-14/h6-7,9,12-13,15H,5,8,10-11H2,1-4H3. The minimum absolute atomic E-state index is 0.612. The molecule has 2 nitrogen and oxygen atoms in total. The fourth-order valence-corrected chi connectivity index (χ4v) is 2.67. The zero-order valence-corrected chi connectivity index (χ0v) is 12.4. The molecule has 0 bridgehead atoms. The number of hydrogen-bond donors (Lipinski definition) is 1. The molecular formula is C14H26N2S. The lowest BCUT2D eigenvalue weighted by Crippen LogP contribution is -2.38. The molecule has 2 unspecified atom stereocenters. The molecule has 1 heterocycles. The molecule has 0 fully saturated rings. The fraction of sp³-hybridized carbons (Fsp3) is 0.714. The molecule has 1 rings (SSSR count). The van der Waals surface area contributed by atoms with Crippen molar-refractivity contribution in [2.75, 3.05) is 20.1 Å². The third-order valence-corrected chi connectivity index (χ3v) is 4.26. The maximum absolute atomic E-state index is 3.51. The molecular weight excluding hydrogens is 228 g/mol. The van der Waals surface area contributed by atoms with Gasteiger partial charge in [-0.15, -0.1) is 11.3 Å². The van der Waals surface area contributed by atoms with Gasteiger partial charge in [-0.05, 0) is 50.8 Å². The van der Waals surface area contributed by atoms with E-state index in [-0.39, 0.29) is 0 Å². The van der Waals surface area contributed by atoms with Crippen molar-refractivity contribution in [3.05, 3.63) is 22.4 Å². The summed E-state index contributed by atoms with van der Waals surface area (Å²) in [6, 6.07) is 4.96. The average molecular weight is 254 g/mol. The highest BCUT2D eigenvalue weighted by molar-refractivity contribution is 7.09. The third-order valence-electron chi connectivity index (χ3n) is 3.40. The van der Waals surface area contributed by atoms with Crippen LogP contribution in [-0.4, -0.2) is 31.1 Å². The van der Waals surface area contributed by atoms with E-state index in [2.05, 4.69) is 55.5 Å². The molecule has 1 aromatic heterocycles. The van der Waals surface area contributed by atoms with Gasteiger partial charge in [-0.1, -0.05) is 19.9 Å². The quantitative estimate of drug-likeness (QED) is 0.717. The summed E-state index contributed by atoms with van der Waals surface area (Å²) in [5.74, 6) is 0.687. The van der Waals surface area contributed by atoms with E-state index in [1.54, 1.807) is 0 Å². The summed E-state index contributed by atoms with van der Waals surface area (Å²) < 4.78 is 0. The summed E-state index contributed by atoms with van der Waals surface area (Å²) in [6.45, 7) is 10.2. The monoisotopic (exact) mass is 254 g/mol. The summed E-state index contributed by atoms with van der Waals surface area (Å²) >= 11 is 1.84. The molecule has 0 amide bonds.